The Hall–Kier alpha value is -4.39. The van der Waals surface area contributed by atoms with Crippen LogP contribution in [0.1, 0.15) is 28.4 Å². The highest BCUT2D eigenvalue weighted by Gasteiger charge is 2.09. The summed E-state index contributed by atoms with van der Waals surface area (Å²) in [7, 11) is 1.61. The number of aromatic nitrogens is 2. The highest BCUT2D eigenvalue weighted by Crippen LogP contribution is 2.16. The number of aryl methyl sites for hydroxylation is 1. The minimum absolute atomic E-state index is 0.229. The molecule has 0 aliphatic carbocycles. The van der Waals surface area contributed by atoms with Crippen molar-refractivity contribution < 1.29 is 14.3 Å². The van der Waals surface area contributed by atoms with Gasteiger partial charge in [-0.15, -0.1) is 5.10 Å². The lowest BCUT2D eigenvalue weighted by Gasteiger charge is -2.10. The number of carbonyl (C=O) groups excluding carboxylic acids is 1. The summed E-state index contributed by atoms with van der Waals surface area (Å²) in [6, 6.07) is 24.8. The molecule has 0 fully saturated rings. The molecule has 0 saturated heterocycles. The second-order valence-corrected chi connectivity index (χ2v) is 7.61. The van der Waals surface area contributed by atoms with Crippen LogP contribution in [-0.2, 0) is 13.0 Å². The van der Waals surface area contributed by atoms with E-state index in [0.29, 0.717) is 23.7 Å². The number of nitrogens with zero attached hydrogens (tertiary/aromatic N) is 2. The Morgan fingerprint density at radius 1 is 0.882 bits per heavy atom. The van der Waals surface area contributed by atoms with E-state index in [0.717, 1.165) is 23.4 Å². The van der Waals surface area contributed by atoms with Gasteiger partial charge in [0.25, 0.3) is 11.5 Å². The van der Waals surface area contributed by atoms with Gasteiger partial charge in [-0.2, -0.15) is 4.68 Å². The van der Waals surface area contributed by atoms with Crippen LogP contribution >= 0.6 is 0 Å². The molecule has 0 bridgehead atoms. The molecule has 0 atom stereocenters. The summed E-state index contributed by atoms with van der Waals surface area (Å²) in [6.07, 6.45) is 0.941. The summed E-state index contributed by atoms with van der Waals surface area (Å²) in [5, 5.41) is 7.18. The molecule has 0 unspecified atom stereocenters. The Labute approximate surface area is 197 Å². The van der Waals surface area contributed by atoms with E-state index in [4.69, 9.17) is 9.47 Å². The van der Waals surface area contributed by atoms with Crippen molar-refractivity contribution in [1.29, 1.82) is 0 Å². The predicted molar refractivity (Wildman–Crippen MR) is 131 cm³/mol. The van der Waals surface area contributed by atoms with Crippen molar-refractivity contribution in [2.45, 2.75) is 20.0 Å². The van der Waals surface area contributed by atoms with E-state index in [-0.39, 0.29) is 11.5 Å². The van der Waals surface area contributed by atoms with Crippen LogP contribution in [0.4, 0.5) is 5.69 Å². The van der Waals surface area contributed by atoms with Crippen LogP contribution in [0, 0.1) is 0 Å². The largest absolute Gasteiger partial charge is 0.497 e. The van der Waals surface area contributed by atoms with Crippen molar-refractivity contribution in [3.05, 3.63) is 112 Å². The number of methoxy groups -OCH3 is 1. The van der Waals surface area contributed by atoms with E-state index in [2.05, 4.69) is 17.3 Å². The number of rotatable bonds is 8. The van der Waals surface area contributed by atoms with Gasteiger partial charge in [-0.25, -0.2) is 0 Å². The molecule has 34 heavy (non-hydrogen) atoms. The number of hydrogen-bond donors (Lipinski definition) is 1. The Balaban J connectivity index is 1.44. The number of amides is 1. The van der Waals surface area contributed by atoms with Crippen LogP contribution in [0.3, 0.4) is 0 Å². The van der Waals surface area contributed by atoms with Crippen LogP contribution in [0.2, 0.25) is 0 Å². The topological polar surface area (TPSA) is 82.5 Å². The Morgan fingerprint density at radius 2 is 1.56 bits per heavy atom. The molecule has 172 valence electrons. The van der Waals surface area contributed by atoms with Gasteiger partial charge in [0.15, 0.2) is 0 Å². The molecule has 0 radical (unpaired) electrons. The monoisotopic (exact) mass is 455 g/mol. The van der Waals surface area contributed by atoms with Gasteiger partial charge in [0.2, 0.25) is 5.88 Å². The van der Waals surface area contributed by atoms with Crippen LogP contribution in [0.15, 0.2) is 89.7 Å². The van der Waals surface area contributed by atoms with E-state index < -0.39 is 0 Å². The van der Waals surface area contributed by atoms with Crippen LogP contribution in [0.5, 0.6) is 11.6 Å². The molecule has 4 rings (SSSR count). The van der Waals surface area contributed by atoms with Gasteiger partial charge >= 0.3 is 0 Å². The van der Waals surface area contributed by atoms with Gasteiger partial charge in [-0.1, -0.05) is 31.2 Å². The third kappa shape index (κ3) is 5.50. The maximum atomic E-state index is 12.6. The number of anilines is 1. The van der Waals surface area contributed by atoms with Gasteiger partial charge in [0.1, 0.15) is 12.4 Å². The summed E-state index contributed by atoms with van der Waals surface area (Å²) >= 11 is 0. The molecule has 1 aromatic heterocycles. The van der Waals surface area contributed by atoms with Crippen molar-refractivity contribution in [1.82, 2.24) is 9.78 Å². The standard InChI is InChI=1S/C27H25N3O4/c1-3-19-4-10-22(11-5-19)28-27(32)21-8-12-23(13-9-21)30-26(31)17-16-25(29-30)34-18-20-6-14-24(33-2)15-7-20/h4-17H,3,18H2,1-2H3,(H,28,32). The minimum Gasteiger partial charge on any atom is -0.497 e. The van der Waals surface area contributed by atoms with Crippen molar-refractivity contribution >= 4 is 11.6 Å². The van der Waals surface area contributed by atoms with E-state index in [1.165, 1.54) is 22.4 Å². The molecule has 0 saturated carbocycles. The van der Waals surface area contributed by atoms with Gasteiger partial charge in [0.05, 0.1) is 12.8 Å². The average Bonchev–Trinajstić information content (AvgIpc) is 2.89. The first kappa shape index (κ1) is 22.8. The van der Waals surface area contributed by atoms with Crippen LogP contribution in [0.25, 0.3) is 5.69 Å². The maximum Gasteiger partial charge on any atom is 0.271 e. The molecule has 3 aromatic carbocycles. The van der Waals surface area contributed by atoms with Crippen molar-refractivity contribution in [2.75, 3.05) is 12.4 Å². The zero-order valence-electron chi connectivity index (χ0n) is 19.0. The van der Waals surface area contributed by atoms with Crippen molar-refractivity contribution in [2.24, 2.45) is 0 Å². The predicted octanol–water partition coefficient (Wildman–Crippen LogP) is 4.63. The molecule has 1 amide bonds. The molecular formula is C27H25N3O4. The highest BCUT2D eigenvalue weighted by molar-refractivity contribution is 6.04. The molecule has 1 N–H and O–H groups in total. The lowest BCUT2D eigenvalue weighted by Crippen LogP contribution is -2.20. The zero-order valence-corrected chi connectivity index (χ0v) is 19.0. The molecule has 0 spiro atoms. The summed E-state index contributed by atoms with van der Waals surface area (Å²) in [4.78, 5) is 25.0. The molecule has 7 heteroatoms. The molecule has 1 heterocycles. The quantitative estimate of drug-likeness (QED) is 0.419. The van der Waals surface area contributed by atoms with Crippen molar-refractivity contribution in [3.63, 3.8) is 0 Å². The van der Waals surface area contributed by atoms with E-state index in [1.54, 1.807) is 31.4 Å². The summed E-state index contributed by atoms with van der Waals surface area (Å²) in [5.74, 6) is 0.849. The number of carbonyl (C=O) groups is 1. The lowest BCUT2D eigenvalue weighted by molar-refractivity contribution is 0.102. The number of hydrogen-bond acceptors (Lipinski definition) is 5. The van der Waals surface area contributed by atoms with Crippen LogP contribution < -0.4 is 20.3 Å². The average molecular weight is 456 g/mol. The molecule has 0 aliphatic heterocycles. The first-order valence-electron chi connectivity index (χ1n) is 10.9. The van der Waals surface area contributed by atoms with Gasteiger partial charge in [-0.05, 0) is 66.1 Å². The molecule has 4 aromatic rings. The molecular weight excluding hydrogens is 430 g/mol. The first-order valence-corrected chi connectivity index (χ1v) is 10.9. The Morgan fingerprint density at radius 3 is 2.21 bits per heavy atom. The van der Waals surface area contributed by atoms with Gasteiger partial charge in [0, 0.05) is 23.4 Å². The minimum atomic E-state index is -0.301. The second kappa shape index (κ2) is 10.5. The third-order valence-corrected chi connectivity index (χ3v) is 5.32. The number of nitrogens with one attached hydrogen (secondary N) is 1. The summed E-state index contributed by atoms with van der Waals surface area (Å²) in [6.45, 7) is 2.38. The van der Waals surface area contributed by atoms with E-state index in [9.17, 15) is 9.59 Å². The lowest BCUT2D eigenvalue weighted by atomic mass is 10.1. The normalized spacial score (nSPS) is 10.5. The number of ether oxygens (including phenoxy) is 2. The van der Waals surface area contributed by atoms with E-state index in [1.807, 2.05) is 48.5 Å². The smallest absolute Gasteiger partial charge is 0.271 e. The fraction of sp³-hybridized carbons (Fsp3) is 0.148. The Kier molecular flexibility index (Phi) is 7.03. The van der Waals surface area contributed by atoms with Gasteiger partial charge in [-0.3, -0.25) is 9.59 Å². The van der Waals surface area contributed by atoms with Crippen molar-refractivity contribution in [3.8, 4) is 17.3 Å². The third-order valence-electron chi connectivity index (χ3n) is 5.32. The second-order valence-electron chi connectivity index (χ2n) is 7.61. The SMILES string of the molecule is CCc1ccc(NC(=O)c2ccc(-n3nc(OCc4ccc(OC)cc4)ccc3=O)cc2)cc1. The fourth-order valence-corrected chi connectivity index (χ4v) is 3.32. The summed E-state index contributed by atoms with van der Waals surface area (Å²) < 4.78 is 12.2. The van der Waals surface area contributed by atoms with E-state index >= 15 is 0 Å². The molecule has 0 aliphatic rings. The first-order chi connectivity index (χ1) is 16.6. The van der Waals surface area contributed by atoms with Gasteiger partial charge < -0.3 is 14.8 Å². The molecule has 7 nitrogen and oxygen atoms in total. The zero-order chi connectivity index (χ0) is 23.9. The number of benzene rings is 3. The fourth-order valence-electron chi connectivity index (χ4n) is 3.32. The summed E-state index contributed by atoms with van der Waals surface area (Å²) in [5.41, 5.74) is 3.58. The maximum absolute atomic E-state index is 12.6. The highest BCUT2D eigenvalue weighted by atomic mass is 16.5. The Bertz CT molecular complexity index is 1310. The van der Waals surface area contributed by atoms with Crippen LogP contribution in [-0.4, -0.2) is 22.8 Å².